The van der Waals surface area contributed by atoms with Gasteiger partial charge in [-0.15, -0.1) is 0 Å². The highest BCUT2D eigenvalue weighted by Crippen LogP contribution is 2.11. The Morgan fingerprint density at radius 2 is 2.33 bits per heavy atom. The van der Waals surface area contributed by atoms with Crippen LogP contribution in [-0.4, -0.2) is 41.9 Å². The van der Waals surface area contributed by atoms with Crippen molar-refractivity contribution in [3.63, 3.8) is 0 Å². The van der Waals surface area contributed by atoms with E-state index in [1.165, 1.54) is 24.1 Å². The Morgan fingerprint density at radius 3 is 2.73 bits per heavy atom. The van der Waals surface area contributed by atoms with Crippen LogP contribution in [0.1, 0.15) is 0 Å². The molecule has 0 spiro atoms. The predicted octanol–water partition coefficient (Wildman–Crippen LogP) is -1.02. The highest BCUT2D eigenvalue weighted by Gasteiger charge is 2.22. The van der Waals surface area contributed by atoms with Crippen LogP contribution in [-0.2, 0) is 17.1 Å². The topological polar surface area (TPSA) is 105 Å². The van der Waals surface area contributed by atoms with Crippen LogP contribution in [0, 0.1) is 5.41 Å². The van der Waals surface area contributed by atoms with Crippen molar-refractivity contribution in [3.05, 3.63) is 12.4 Å². The monoisotopic (exact) mass is 231 g/mol. The molecule has 8 heteroatoms. The van der Waals surface area contributed by atoms with Crippen LogP contribution in [0.25, 0.3) is 0 Å². The number of likely N-dealkylation sites (N-methyl/N-ethyl adjacent to an activating group) is 1. The van der Waals surface area contributed by atoms with Gasteiger partial charge in [0.05, 0.1) is 12.7 Å². The maximum Gasteiger partial charge on any atom is 0.246 e. The van der Waals surface area contributed by atoms with Gasteiger partial charge in [-0.25, -0.2) is 8.42 Å². The quantitative estimate of drug-likeness (QED) is 0.511. The van der Waals surface area contributed by atoms with Crippen molar-refractivity contribution in [2.75, 3.05) is 13.6 Å². The molecule has 0 radical (unpaired) electrons. The Hall–Kier alpha value is -1.41. The summed E-state index contributed by atoms with van der Waals surface area (Å²) in [6, 6.07) is 0. The van der Waals surface area contributed by atoms with Crippen LogP contribution < -0.4 is 5.73 Å². The fourth-order valence-corrected chi connectivity index (χ4v) is 2.17. The van der Waals surface area contributed by atoms with Crippen molar-refractivity contribution in [1.29, 1.82) is 5.41 Å². The van der Waals surface area contributed by atoms with Crippen molar-refractivity contribution >= 4 is 15.9 Å². The molecule has 1 aromatic rings. The molecule has 0 fully saturated rings. The Morgan fingerprint density at radius 1 is 1.73 bits per heavy atom. The van der Waals surface area contributed by atoms with E-state index in [9.17, 15) is 8.42 Å². The van der Waals surface area contributed by atoms with Gasteiger partial charge in [0.25, 0.3) is 0 Å². The molecule has 1 aromatic heterocycles. The summed E-state index contributed by atoms with van der Waals surface area (Å²) in [7, 11) is -0.590. The smallest absolute Gasteiger partial charge is 0.246 e. The summed E-state index contributed by atoms with van der Waals surface area (Å²) >= 11 is 0. The first-order chi connectivity index (χ1) is 6.84. The lowest BCUT2D eigenvalue weighted by atomic mass is 10.6. The van der Waals surface area contributed by atoms with E-state index in [2.05, 4.69) is 5.10 Å². The Bertz CT molecular complexity index is 463. The lowest BCUT2D eigenvalue weighted by Crippen LogP contribution is -2.34. The molecule has 1 rings (SSSR count). The maximum atomic E-state index is 11.8. The van der Waals surface area contributed by atoms with Gasteiger partial charge in [0, 0.05) is 20.3 Å². The summed E-state index contributed by atoms with van der Waals surface area (Å²) < 4.78 is 26.0. The van der Waals surface area contributed by atoms with Crippen molar-refractivity contribution in [2.24, 2.45) is 12.8 Å². The summed E-state index contributed by atoms with van der Waals surface area (Å²) in [6.45, 7) is -0.128. The van der Waals surface area contributed by atoms with Crippen molar-refractivity contribution < 1.29 is 8.42 Å². The molecule has 0 atom stereocenters. The third-order valence-corrected chi connectivity index (χ3v) is 3.54. The molecule has 0 saturated heterocycles. The zero-order chi connectivity index (χ0) is 11.6. The minimum absolute atomic E-state index is 0.0914. The number of aryl methyl sites for hydroxylation is 1. The zero-order valence-electron chi connectivity index (χ0n) is 8.51. The third-order valence-electron chi connectivity index (χ3n) is 1.78. The first kappa shape index (κ1) is 11.7. The molecule has 0 aliphatic heterocycles. The lowest BCUT2D eigenvalue weighted by molar-refractivity contribution is 0.504. The maximum absolute atomic E-state index is 11.8. The van der Waals surface area contributed by atoms with Crippen LogP contribution in [0.2, 0.25) is 0 Å². The highest BCUT2D eigenvalue weighted by molar-refractivity contribution is 7.89. The van der Waals surface area contributed by atoms with Crippen molar-refractivity contribution in [3.8, 4) is 0 Å². The summed E-state index contributed by atoms with van der Waals surface area (Å²) in [6.07, 6.45) is 2.65. The molecule has 1 heterocycles. The second kappa shape index (κ2) is 3.99. The first-order valence-electron chi connectivity index (χ1n) is 4.12. The number of nitrogens with two attached hydrogens (primary N) is 1. The fraction of sp³-hybridized carbons (Fsp3) is 0.429. The van der Waals surface area contributed by atoms with E-state index in [0.29, 0.717) is 0 Å². The Labute approximate surface area is 88.0 Å². The number of aromatic nitrogens is 2. The van der Waals surface area contributed by atoms with Gasteiger partial charge in [0.1, 0.15) is 10.7 Å². The van der Waals surface area contributed by atoms with E-state index in [4.69, 9.17) is 11.1 Å². The summed E-state index contributed by atoms with van der Waals surface area (Å²) in [5.74, 6) is -0.204. The predicted molar refractivity (Wildman–Crippen MR) is 54.9 cm³/mol. The van der Waals surface area contributed by atoms with Gasteiger partial charge >= 0.3 is 0 Å². The van der Waals surface area contributed by atoms with Gasteiger partial charge in [-0.3, -0.25) is 10.1 Å². The molecule has 0 bridgehead atoms. The molecule has 0 saturated carbocycles. The third kappa shape index (κ3) is 2.54. The van der Waals surface area contributed by atoms with Gasteiger partial charge in [0.15, 0.2) is 0 Å². The number of rotatable bonds is 4. The van der Waals surface area contributed by atoms with E-state index >= 15 is 0 Å². The molecule has 0 unspecified atom stereocenters. The first-order valence-corrected chi connectivity index (χ1v) is 5.56. The minimum Gasteiger partial charge on any atom is -0.387 e. The normalized spacial score (nSPS) is 11.9. The second-order valence-corrected chi connectivity index (χ2v) is 5.18. The van der Waals surface area contributed by atoms with Gasteiger partial charge < -0.3 is 5.73 Å². The minimum atomic E-state index is -3.58. The van der Waals surface area contributed by atoms with Crippen molar-refractivity contribution in [2.45, 2.75) is 4.90 Å². The number of hydrogen-bond donors (Lipinski definition) is 2. The van der Waals surface area contributed by atoms with Crippen LogP contribution in [0.15, 0.2) is 17.3 Å². The second-order valence-electron chi connectivity index (χ2n) is 3.14. The van der Waals surface area contributed by atoms with E-state index in [1.807, 2.05) is 0 Å². The molecule has 0 aromatic carbocycles. The number of nitrogens with zero attached hydrogens (tertiary/aromatic N) is 3. The highest BCUT2D eigenvalue weighted by atomic mass is 32.2. The molecule has 0 aliphatic carbocycles. The molecule has 3 N–H and O–H groups in total. The molecule has 0 amide bonds. The van der Waals surface area contributed by atoms with Crippen LogP contribution in [0.5, 0.6) is 0 Å². The molecule has 15 heavy (non-hydrogen) atoms. The van der Waals surface area contributed by atoms with Gasteiger partial charge in [0.2, 0.25) is 10.0 Å². The van der Waals surface area contributed by atoms with Gasteiger partial charge in [-0.05, 0) is 0 Å². The molecule has 84 valence electrons. The average Bonchev–Trinajstić information content (AvgIpc) is 2.50. The lowest BCUT2D eigenvalue weighted by Gasteiger charge is -2.14. The SMILES string of the molecule is CN(CC(=N)N)S(=O)(=O)c1cnn(C)c1. The Balaban J connectivity index is 2.98. The fourth-order valence-electron chi connectivity index (χ4n) is 1.04. The van der Waals surface area contributed by atoms with E-state index in [0.717, 1.165) is 4.31 Å². The summed E-state index contributed by atoms with van der Waals surface area (Å²) in [5.41, 5.74) is 5.13. The molecule has 7 nitrogen and oxygen atoms in total. The standard InChI is InChI=1S/C7H13N5O2S/c1-11-4-6(3-10-11)15(13,14)12(2)5-7(8)9/h3-4H,5H2,1-2H3,(H3,8,9). The van der Waals surface area contributed by atoms with Crippen LogP contribution in [0.3, 0.4) is 0 Å². The largest absolute Gasteiger partial charge is 0.387 e. The molecule has 0 aliphatic rings. The van der Waals surface area contributed by atoms with Crippen LogP contribution >= 0.6 is 0 Å². The van der Waals surface area contributed by atoms with Gasteiger partial charge in [-0.2, -0.15) is 9.40 Å². The number of sulfonamides is 1. The van der Waals surface area contributed by atoms with E-state index in [-0.39, 0.29) is 17.3 Å². The zero-order valence-corrected chi connectivity index (χ0v) is 9.32. The summed E-state index contributed by atoms with van der Waals surface area (Å²) in [5, 5.41) is 10.8. The van der Waals surface area contributed by atoms with Crippen LogP contribution in [0.4, 0.5) is 0 Å². The van der Waals surface area contributed by atoms with E-state index < -0.39 is 10.0 Å². The number of hydrogen-bond acceptors (Lipinski definition) is 4. The number of amidine groups is 1. The average molecular weight is 231 g/mol. The molecular formula is C7H13N5O2S. The summed E-state index contributed by atoms with van der Waals surface area (Å²) in [4.78, 5) is 0.0914. The van der Waals surface area contributed by atoms with Crippen molar-refractivity contribution in [1.82, 2.24) is 14.1 Å². The Kier molecular flexibility index (Phi) is 3.10. The number of nitrogens with one attached hydrogen (secondary N) is 1. The van der Waals surface area contributed by atoms with Gasteiger partial charge in [-0.1, -0.05) is 0 Å². The van der Waals surface area contributed by atoms with E-state index in [1.54, 1.807) is 7.05 Å². The molecular weight excluding hydrogens is 218 g/mol.